The van der Waals surface area contributed by atoms with Crippen molar-refractivity contribution >= 4 is 11.9 Å². The normalized spacial score (nSPS) is 13.8. The molecule has 0 fully saturated rings. The number of quaternary nitrogens is 1. The number of aliphatic hydroxyl groups is 2. The minimum absolute atomic E-state index is 0.111. The number of aliphatic carboxylic acids is 2. The molecule has 0 saturated carbocycles. The van der Waals surface area contributed by atoms with Gasteiger partial charge in [-0.15, -0.1) is 0 Å². The van der Waals surface area contributed by atoms with Gasteiger partial charge in [0.25, 0.3) is 0 Å². The highest BCUT2D eigenvalue weighted by atomic mass is 16.4. The highest BCUT2D eigenvalue weighted by Crippen LogP contribution is 2.37. The first-order chi connectivity index (χ1) is 13.9. The average molecular weight is 422 g/mol. The fourth-order valence-corrected chi connectivity index (χ4v) is 3.66. The molecule has 174 valence electrons. The van der Waals surface area contributed by atoms with Gasteiger partial charge in [0.1, 0.15) is 0 Å². The van der Waals surface area contributed by atoms with Crippen LogP contribution in [0.15, 0.2) is 0 Å². The minimum Gasteiger partial charge on any atom is -0.637 e. The summed E-state index contributed by atoms with van der Waals surface area (Å²) in [6.45, 7) is 1.71. The smallest absolute Gasteiger partial charge is 0.309 e. The molecule has 0 heterocycles. The van der Waals surface area contributed by atoms with E-state index in [1.165, 1.54) is 0 Å². The monoisotopic (exact) mass is 421 g/mol. The number of carbonyl (C=O) groups is 2. The van der Waals surface area contributed by atoms with Crippen molar-refractivity contribution in [3.05, 3.63) is 5.21 Å². The zero-order valence-electron chi connectivity index (χ0n) is 18.1. The van der Waals surface area contributed by atoms with Crippen molar-refractivity contribution in [2.45, 2.75) is 109 Å². The van der Waals surface area contributed by atoms with Gasteiger partial charge in [0.2, 0.25) is 0 Å². The Bertz CT molecular complexity index is 406. The van der Waals surface area contributed by atoms with Gasteiger partial charge in [-0.2, -0.15) is 0 Å². The Morgan fingerprint density at radius 1 is 0.862 bits per heavy atom. The molecule has 0 bridgehead atoms. The van der Waals surface area contributed by atoms with Crippen molar-refractivity contribution in [1.82, 2.24) is 0 Å². The van der Waals surface area contributed by atoms with Crippen molar-refractivity contribution in [2.75, 3.05) is 6.61 Å². The van der Waals surface area contributed by atoms with Gasteiger partial charge in [-0.3, -0.25) is 9.59 Å². The molecule has 2 unspecified atom stereocenters. The quantitative estimate of drug-likeness (QED) is 0.158. The van der Waals surface area contributed by atoms with E-state index in [1.807, 2.05) is 5.90 Å². The minimum atomic E-state index is -0.985. The van der Waals surface area contributed by atoms with Gasteiger partial charge < -0.3 is 31.5 Å². The van der Waals surface area contributed by atoms with Crippen LogP contribution < -0.4 is 5.90 Å². The molecular weight excluding hydrogens is 378 g/mol. The molecule has 8 heteroatoms. The summed E-state index contributed by atoms with van der Waals surface area (Å²) in [4.78, 5) is 22.4. The summed E-state index contributed by atoms with van der Waals surface area (Å²) in [5.41, 5.74) is -0.947. The van der Waals surface area contributed by atoms with Crippen LogP contribution in [0.25, 0.3) is 0 Å². The molecule has 0 aliphatic carbocycles. The predicted molar refractivity (Wildman–Crippen MR) is 112 cm³/mol. The maximum Gasteiger partial charge on any atom is 0.309 e. The van der Waals surface area contributed by atoms with Crippen LogP contribution in [0.4, 0.5) is 0 Å². The van der Waals surface area contributed by atoms with Crippen LogP contribution in [0.2, 0.25) is 0 Å². The van der Waals surface area contributed by atoms with Crippen molar-refractivity contribution in [1.29, 1.82) is 0 Å². The van der Waals surface area contributed by atoms with Crippen molar-refractivity contribution in [2.24, 2.45) is 5.41 Å². The highest BCUT2D eigenvalue weighted by Gasteiger charge is 2.39. The van der Waals surface area contributed by atoms with E-state index in [2.05, 4.69) is 6.92 Å². The Hall–Kier alpha value is -1.22. The number of rotatable bonds is 19. The lowest BCUT2D eigenvalue weighted by Crippen LogP contribution is -2.37. The van der Waals surface area contributed by atoms with E-state index in [9.17, 15) is 19.8 Å². The molecule has 0 spiro atoms. The van der Waals surface area contributed by atoms with Crippen LogP contribution in [-0.4, -0.2) is 45.1 Å². The molecule has 0 aromatic carbocycles. The van der Waals surface area contributed by atoms with Gasteiger partial charge in [-0.25, -0.2) is 0 Å². The maximum absolute atomic E-state index is 12.0. The van der Waals surface area contributed by atoms with Gasteiger partial charge in [0, 0.05) is 6.42 Å². The molecule has 0 aromatic heterocycles. The molecule has 29 heavy (non-hydrogen) atoms. The van der Waals surface area contributed by atoms with Crippen LogP contribution in [0.3, 0.4) is 0 Å². The van der Waals surface area contributed by atoms with E-state index in [-0.39, 0.29) is 12.8 Å². The third-order valence-corrected chi connectivity index (χ3v) is 5.35. The molecule has 0 aliphatic heterocycles. The van der Waals surface area contributed by atoms with E-state index in [1.54, 1.807) is 0 Å². The molecular formula is C21H43NO7. The number of carboxylic acids is 2. The summed E-state index contributed by atoms with van der Waals surface area (Å²) < 4.78 is 0. The molecule has 0 aromatic rings. The number of carboxylic acid groups (broad SMARTS) is 2. The van der Waals surface area contributed by atoms with E-state index in [4.69, 9.17) is 15.4 Å². The Morgan fingerprint density at radius 2 is 1.31 bits per heavy atom. The fourth-order valence-electron chi connectivity index (χ4n) is 3.66. The molecule has 0 rings (SSSR count). The van der Waals surface area contributed by atoms with Crippen LogP contribution >= 0.6 is 0 Å². The SMILES string of the molecule is CCCCCCC(CCCCCCCCCC(=O)O)(CC(O)CO)C(=O)O.[NH3+][O-]. The third kappa shape index (κ3) is 16.3. The van der Waals surface area contributed by atoms with Gasteiger partial charge >= 0.3 is 11.9 Å². The summed E-state index contributed by atoms with van der Waals surface area (Å²) in [6.07, 6.45) is 10.9. The summed E-state index contributed by atoms with van der Waals surface area (Å²) in [5, 5.41) is 45.4. The van der Waals surface area contributed by atoms with Crippen molar-refractivity contribution < 1.29 is 35.9 Å². The third-order valence-electron chi connectivity index (χ3n) is 5.35. The first kappa shape index (κ1) is 30.0. The molecule has 0 radical (unpaired) electrons. The second kappa shape index (κ2) is 20.1. The van der Waals surface area contributed by atoms with Crippen molar-refractivity contribution in [3.63, 3.8) is 0 Å². The summed E-state index contributed by atoms with van der Waals surface area (Å²) in [6, 6.07) is 0. The summed E-state index contributed by atoms with van der Waals surface area (Å²) in [5.74, 6) is 0.393. The van der Waals surface area contributed by atoms with E-state index in [0.717, 1.165) is 64.2 Å². The van der Waals surface area contributed by atoms with E-state index >= 15 is 0 Å². The number of hydrogen-bond acceptors (Lipinski definition) is 5. The van der Waals surface area contributed by atoms with Crippen LogP contribution in [0.1, 0.15) is 103 Å². The first-order valence-electron chi connectivity index (χ1n) is 10.9. The van der Waals surface area contributed by atoms with Crippen molar-refractivity contribution in [3.8, 4) is 0 Å². The summed E-state index contributed by atoms with van der Waals surface area (Å²) >= 11 is 0. The van der Waals surface area contributed by atoms with Crippen LogP contribution in [-0.2, 0) is 9.59 Å². The van der Waals surface area contributed by atoms with Gasteiger partial charge in [-0.05, 0) is 25.7 Å². The Balaban J connectivity index is 0. The molecule has 7 N–H and O–H groups in total. The van der Waals surface area contributed by atoms with E-state index in [0.29, 0.717) is 19.3 Å². The lowest BCUT2D eigenvalue weighted by molar-refractivity contribution is -0.275. The second-order valence-electron chi connectivity index (χ2n) is 7.81. The van der Waals surface area contributed by atoms with E-state index < -0.39 is 30.1 Å². The first-order valence-corrected chi connectivity index (χ1v) is 10.9. The Morgan fingerprint density at radius 3 is 1.72 bits per heavy atom. The average Bonchev–Trinajstić information content (AvgIpc) is 2.70. The van der Waals surface area contributed by atoms with Gasteiger partial charge in [0.15, 0.2) is 0 Å². The molecule has 0 amide bonds. The second-order valence-corrected chi connectivity index (χ2v) is 7.81. The standard InChI is InChI=1S/C21H40O6.H3NO/c1-2-3-4-11-14-21(20(26)27,16-18(23)17-22)15-12-9-7-5-6-8-10-13-19(24)25;1-2/h18,22-23H,2-17H2,1H3,(H,24,25)(H,26,27);1H3. The molecule has 2 atom stereocenters. The lowest BCUT2D eigenvalue weighted by atomic mass is 9.74. The fraction of sp³-hybridized carbons (Fsp3) is 0.905. The van der Waals surface area contributed by atoms with Crippen LogP contribution in [0.5, 0.6) is 0 Å². The van der Waals surface area contributed by atoms with Crippen LogP contribution in [0, 0.1) is 10.6 Å². The Kier molecular flexibility index (Phi) is 20.7. The zero-order chi connectivity index (χ0) is 22.5. The predicted octanol–water partition coefficient (Wildman–Crippen LogP) is 3.09. The highest BCUT2D eigenvalue weighted by molar-refractivity contribution is 5.74. The molecule has 0 saturated heterocycles. The lowest BCUT2D eigenvalue weighted by Gasteiger charge is -2.31. The topological polar surface area (TPSA) is 166 Å². The number of hydrogen-bond donors (Lipinski definition) is 5. The molecule has 0 aliphatic rings. The maximum atomic E-state index is 12.0. The largest absolute Gasteiger partial charge is 0.637 e. The zero-order valence-corrected chi connectivity index (χ0v) is 18.1. The van der Waals surface area contributed by atoms with Gasteiger partial charge in [0.05, 0.1) is 18.1 Å². The number of aliphatic hydroxyl groups excluding tert-OH is 2. The van der Waals surface area contributed by atoms with Gasteiger partial charge in [-0.1, -0.05) is 71.1 Å². The summed E-state index contributed by atoms with van der Waals surface area (Å²) in [7, 11) is 0. The number of unbranched alkanes of at least 4 members (excludes halogenated alkanes) is 9. The Labute approximate surface area is 175 Å². The molecule has 8 nitrogen and oxygen atoms in total.